The smallest absolute Gasteiger partial charge is 0.272 e. The molecule has 10 heteroatoms. The van der Waals surface area contributed by atoms with Gasteiger partial charge in [-0.2, -0.15) is 4.31 Å². The number of nitrogens with one attached hydrogen (secondary N) is 1. The lowest BCUT2D eigenvalue weighted by Crippen LogP contribution is -2.44. The number of carbonyl (C=O) groups excluding carboxylic acids is 1. The van der Waals surface area contributed by atoms with Crippen molar-refractivity contribution in [2.75, 3.05) is 17.2 Å². The first kappa shape index (κ1) is 16.8. The molecular formula is C11H17BrN4O3S2. The van der Waals surface area contributed by atoms with E-state index in [9.17, 15) is 13.2 Å². The standard InChI is InChI=1S/C11H17BrN4O3S2/c1-8(17)13-10-14-15-11(20-10)21(18,19)16(7-3-6-12)9-4-2-5-9/h9H,2-7H2,1H3,(H,13,14,17). The van der Waals surface area contributed by atoms with Crippen LogP contribution in [0.15, 0.2) is 4.34 Å². The van der Waals surface area contributed by atoms with Gasteiger partial charge in [-0.1, -0.05) is 33.7 Å². The van der Waals surface area contributed by atoms with Crippen LogP contribution in [-0.4, -0.2) is 46.7 Å². The van der Waals surface area contributed by atoms with Crippen LogP contribution in [-0.2, 0) is 14.8 Å². The number of sulfonamides is 1. The van der Waals surface area contributed by atoms with E-state index in [1.165, 1.54) is 11.2 Å². The monoisotopic (exact) mass is 396 g/mol. The molecule has 1 N–H and O–H groups in total. The number of halogens is 1. The molecule has 7 nitrogen and oxygen atoms in total. The predicted octanol–water partition coefficient (Wildman–Crippen LogP) is 1.82. The van der Waals surface area contributed by atoms with Gasteiger partial charge in [0.05, 0.1) is 0 Å². The van der Waals surface area contributed by atoms with Gasteiger partial charge in [-0.15, -0.1) is 10.2 Å². The van der Waals surface area contributed by atoms with E-state index in [2.05, 4.69) is 31.4 Å². The van der Waals surface area contributed by atoms with E-state index in [1.54, 1.807) is 0 Å². The topological polar surface area (TPSA) is 92.3 Å². The molecule has 0 radical (unpaired) electrons. The van der Waals surface area contributed by atoms with Crippen molar-refractivity contribution in [2.24, 2.45) is 0 Å². The van der Waals surface area contributed by atoms with Gasteiger partial charge >= 0.3 is 0 Å². The third-order valence-electron chi connectivity index (χ3n) is 3.21. The average molecular weight is 397 g/mol. The fraction of sp³-hybridized carbons (Fsp3) is 0.727. The maximum atomic E-state index is 12.7. The van der Waals surface area contributed by atoms with Gasteiger partial charge in [0, 0.05) is 24.8 Å². The molecular weight excluding hydrogens is 380 g/mol. The van der Waals surface area contributed by atoms with Gasteiger partial charge in [0.25, 0.3) is 10.0 Å². The zero-order valence-corrected chi connectivity index (χ0v) is 14.8. The Balaban J connectivity index is 2.20. The number of alkyl halides is 1. The summed E-state index contributed by atoms with van der Waals surface area (Å²) in [4.78, 5) is 11.0. The fourth-order valence-electron chi connectivity index (χ4n) is 2.00. The largest absolute Gasteiger partial charge is 0.301 e. The quantitative estimate of drug-likeness (QED) is 0.560. The van der Waals surface area contributed by atoms with Crippen molar-refractivity contribution in [1.29, 1.82) is 0 Å². The third kappa shape index (κ3) is 3.99. The van der Waals surface area contributed by atoms with Crippen LogP contribution in [0.3, 0.4) is 0 Å². The highest BCUT2D eigenvalue weighted by Crippen LogP contribution is 2.32. The third-order valence-corrected chi connectivity index (χ3v) is 6.91. The number of hydrogen-bond acceptors (Lipinski definition) is 6. The van der Waals surface area contributed by atoms with Crippen molar-refractivity contribution in [3.8, 4) is 0 Å². The lowest BCUT2D eigenvalue weighted by molar-refractivity contribution is -0.114. The second-order valence-corrected chi connectivity index (χ2v) is 8.63. The number of amides is 1. The van der Waals surface area contributed by atoms with Gasteiger partial charge in [0.2, 0.25) is 15.4 Å². The summed E-state index contributed by atoms with van der Waals surface area (Å²) in [6.45, 7) is 1.81. The van der Waals surface area contributed by atoms with Crippen molar-refractivity contribution in [2.45, 2.75) is 43.0 Å². The fourth-order valence-corrected chi connectivity index (χ4v) is 5.04. The van der Waals surface area contributed by atoms with Gasteiger partial charge in [0.1, 0.15) is 0 Å². The minimum Gasteiger partial charge on any atom is -0.301 e. The van der Waals surface area contributed by atoms with Crippen molar-refractivity contribution >= 4 is 48.3 Å². The summed E-state index contributed by atoms with van der Waals surface area (Å²) in [6, 6.07) is 0.0576. The Morgan fingerprint density at radius 2 is 2.19 bits per heavy atom. The lowest BCUT2D eigenvalue weighted by Gasteiger charge is -2.35. The van der Waals surface area contributed by atoms with Crippen LogP contribution in [0.5, 0.6) is 0 Å². The number of nitrogens with zero attached hydrogens (tertiary/aromatic N) is 3. The molecule has 0 saturated heterocycles. The zero-order chi connectivity index (χ0) is 15.5. The summed E-state index contributed by atoms with van der Waals surface area (Å²) >= 11 is 4.21. The van der Waals surface area contributed by atoms with Crippen LogP contribution in [0.25, 0.3) is 0 Å². The van der Waals surface area contributed by atoms with Crippen molar-refractivity contribution in [3.05, 3.63) is 0 Å². The number of rotatable bonds is 7. The molecule has 2 rings (SSSR count). The Labute approximate surface area is 136 Å². The number of aromatic nitrogens is 2. The molecule has 0 atom stereocenters. The Kier molecular flexibility index (Phi) is 5.69. The molecule has 1 amide bonds. The Morgan fingerprint density at radius 1 is 1.48 bits per heavy atom. The molecule has 0 aliphatic heterocycles. The van der Waals surface area contributed by atoms with Crippen molar-refractivity contribution < 1.29 is 13.2 Å². The average Bonchev–Trinajstić information content (AvgIpc) is 2.80. The van der Waals surface area contributed by atoms with E-state index in [4.69, 9.17) is 0 Å². The molecule has 0 bridgehead atoms. The molecule has 1 aromatic heterocycles. The summed E-state index contributed by atoms with van der Waals surface area (Å²) < 4.78 is 26.8. The van der Waals surface area contributed by atoms with E-state index >= 15 is 0 Å². The number of carbonyl (C=O) groups is 1. The summed E-state index contributed by atoms with van der Waals surface area (Å²) in [6.07, 6.45) is 3.57. The molecule has 1 fully saturated rings. The first-order chi connectivity index (χ1) is 9.95. The van der Waals surface area contributed by atoms with Crippen LogP contribution in [0.1, 0.15) is 32.6 Å². The van der Waals surface area contributed by atoms with Gasteiger partial charge in [-0.25, -0.2) is 8.42 Å². The second-order valence-electron chi connectivity index (χ2n) is 4.80. The summed E-state index contributed by atoms with van der Waals surface area (Å²) in [7, 11) is -3.64. The van der Waals surface area contributed by atoms with E-state index in [1.807, 2.05) is 0 Å². The molecule has 1 aliphatic rings. The van der Waals surface area contributed by atoms with Crippen molar-refractivity contribution in [1.82, 2.24) is 14.5 Å². The van der Waals surface area contributed by atoms with Crippen LogP contribution in [0, 0.1) is 0 Å². The Hall–Kier alpha value is -0.580. The summed E-state index contributed by atoms with van der Waals surface area (Å²) in [5.41, 5.74) is 0. The molecule has 21 heavy (non-hydrogen) atoms. The van der Waals surface area contributed by atoms with Crippen LogP contribution in [0.2, 0.25) is 0 Å². The maximum Gasteiger partial charge on any atom is 0.272 e. The normalized spacial score (nSPS) is 16.0. The molecule has 0 aromatic carbocycles. The summed E-state index contributed by atoms with van der Waals surface area (Å²) in [5.74, 6) is -0.301. The highest BCUT2D eigenvalue weighted by molar-refractivity contribution is 9.09. The van der Waals surface area contributed by atoms with Crippen molar-refractivity contribution in [3.63, 3.8) is 0 Å². The highest BCUT2D eigenvalue weighted by Gasteiger charge is 2.36. The number of anilines is 1. The van der Waals surface area contributed by atoms with Gasteiger partial charge < -0.3 is 5.32 Å². The highest BCUT2D eigenvalue weighted by atomic mass is 79.9. The molecule has 1 heterocycles. The van der Waals surface area contributed by atoms with E-state index in [-0.39, 0.29) is 21.4 Å². The van der Waals surface area contributed by atoms with E-state index < -0.39 is 10.0 Å². The lowest BCUT2D eigenvalue weighted by atomic mass is 9.93. The molecule has 118 valence electrons. The first-order valence-corrected chi connectivity index (χ1v) is 10.0. The SMILES string of the molecule is CC(=O)Nc1nnc(S(=O)(=O)N(CCCBr)C2CCC2)s1. The van der Waals surface area contributed by atoms with E-state index in [0.29, 0.717) is 6.54 Å². The Bertz CT molecular complexity index is 600. The minimum absolute atomic E-state index is 0.0576. The first-order valence-electron chi connectivity index (χ1n) is 6.64. The minimum atomic E-state index is -3.64. The van der Waals surface area contributed by atoms with Gasteiger partial charge in [0.15, 0.2) is 0 Å². The van der Waals surface area contributed by atoms with Crippen LogP contribution < -0.4 is 5.32 Å². The molecule has 0 unspecified atom stereocenters. The van der Waals surface area contributed by atoms with E-state index in [0.717, 1.165) is 42.4 Å². The van der Waals surface area contributed by atoms with Crippen LogP contribution in [0.4, 0.5) is 5.13 Å². The Morgan fingerprint density at radius 3 is 2.71 bits per heavy atom. The zero-order valence-electron chi connectivity index (χ0n) is 11.6. The van der Waals surface area contributed by atoms with Crippen LogP contribution >= 0.6 is 27.3 Å². The molecule has 1 saturated carbocycles. The van der Waals surface area contributed by atoms with Gasteiger partial charge in [-0.3, -0.25) is 4.79 Å². The molecule has 0 spiro atoms. The molecule has 1 aliphatic carbocycles. The van der Waals surface area contributed by atoms with Gasteiger partial charge in [-0.05, 0) is 19.3 Å². The maximum absolute atomic E-state index is 12.7. The second kappa shape index (κ2) is 7.12. The predicted molar refractivity (Wildman–Crippen MR) is 84.2 cm³/mol. The molecule has 1 aromatic rings. The summed E-state index contributed by atoms with van der Waals surface area (Å²) in [5, 5.41) is 10.8. The number of hydrogen-bond donors (Lipinski definition) is 1.